The van der Waals surface area contributed by atoms with Crippen molar-refractivity contribution >= 4 is 17.7 Å². The van der Waals surface area contributed by atoms with Crippen LogP contribution in [0.2, 0.25) is 0 Å². The molecule has 0 saturated carbocycles. The van der Waals surface area contributed by atoms with Crippen molar-refractivity contribution in [2.45, 2.75) is 23.8 Å². The lowest BCUT2D eigenvalue weighted by Crippen LogP contribution is -2.46. The van der Waals surface area contributed by atoms with Gasteiger partial charge in [0, 0.05) is 37.3 Å². The molecule has 5 heteroatoms. The molecular weight excluding hydrogens is 306 g/mol. The molecule has 0 radical (unpaired) electrons. The summed E-state index contributed by atoms with van der Waals surface area (Å²) in [6.07, 6.45) is 1.75. The first-order valence-electron chi connectivity index (χ1n) is 7.85. The van der Waals surface area contributed by atoms with Crippen molar-refractivity contribution in [1.29, 1.82) is 0 Å². The third-order valence-electron chi connectivity index (χ3n) is 3.94. The normalized spacial score (nSPS) is 14.8. The van der Waals surface area contributed by atoms with Crippen LogP contribution in [0.3, 0.4) is 0 Å². The monoisotopic (exact) mass is 327 g/mol. The summed E-state index contributed by atoms with van der Waals surface area (Å²) in [4.78, 5) is 20.3. The highest BCUT2D eigenvalue weighted by molar-refractivity contribution is 7.99. The standard InChI is InChI=1S/C18H21N3OS/c1-13-5-6-16(14(2)12-13)23-17-15(4-3-7-20-17)18(22)21-10-8-19-9-11-21/h3-7,12,19H,8-11H2,1-2H3. The minimum Gasteiger partial charge on any atom is -0.336 e. The van der Waals surface area contributed by atoms with E-state index in [0.29, 0.717) is 5.56 Å². The Morgan fingerprint density at radius 1 is 1.22 bits per heavy atom. The van der Waals surface area contributed by atoms with E-state index in [4.69, 9.17) is 0 Å². The van der Waals surface area contributed by atoms with E-state index in [1.165, 1.54) is 11.1 Å². The summed E-state index contributed by atoms with van der Waals surface area (Å²) in [6, 6.07) is 10.1. The van der Waals surface area contributed by atoms with Crippen LogP contribution in [0.4, 0.5) is 0 Å². The van der Waals surface area contributed by atoms with Gasteiger partial charge in [-0.1, -0.05) is 29.5 Å². The largest absolute Gasteiger partial charge is 0.336 e. The molecule has 0 aliphatic carbocycles. The second kappa shape index (κ2) is 7.15. The summed E-state index contributed by atoms with van der Waals surface area (Å²) in [5.74, 6) is 0.0758. The van der Waals surface area contributed by atoms with Gasteiger partial charge in [0.15, 0.2) is 0 Å². The lowest BCUT2D eigenvalue weighted by Gasteiger charge is -2.27. The van der Waals surface area contributed by atoms with Crippen molar-refractivity contribution in [3.63, 3.8) is 0 Å². The van der Waals surface area contributed by atoms with Gasteiger partial charge in [0.1, 0.15) is 5.03 Å². The number of carbonyl (C=O) groups is 1. The van der Waals surface area contributed by atoms with Crippen molar-refractivity contribution in [2.24, 2.45) is 0 Å². The number of carbonyl (C=O) groups excluding carboxylic acids is 1. The molecule has 0 unspecified atom stereocenters. The number of amides is 1. The third kappa shape index (κ3) is 3.74. The average Bonchev–Trinajstić information content (AvgIpc) is 2.58. The molecule has 1 fully saturated rings. The van der Waals surface area contributed by atoms with Gasteiger partial charge >= 0.3 is 0 Å². The first kappa shape index (κ1) is 16.0. The molecule has 1 aromatic carbocycles. The first-order valence-corrected chi connectivity index (χ1v) is 8.67. The number of benzene rings is 1. The number of hydrogen-bond donors (Lipinski definition) is 1. The lowest BCUT2D eigenvalue weighted by molar-refractivity contribution is 0.0731. The molecular formula is C18H21N3OS. The second-order valence-corrected chi connectivity index (χ2v) is 6.80. The fourth-order valence-electron chi connectivity index (χ4n) is 2.69. The van der Waals surface area contributed by atoms with Crippen LogP contribution in [-0.2, 0) is 0 Å². The maximum Gasteiger partial charge on any atom is 0.256 e. The Balaban J connectivity index is 1.86. The van der Waals surface area contributed by atoms with Crippen LogP contribution >= 0.6 is 11.8 Å². The Bertz CT molecular complexity index is 711. The van der Waals surface area contributed by atoms with Crippen molar-refractivity contribution in [3.8, 4) is 0 Å². The Labute approximate surface area is 141 Å². The molecule has 3 rings (SSSR count). The number of nitrogens with one attached hydrogen (secondary N) is 1. The number of aryl methyl sites for hydroxylation is 2. The molecule has 1 saturated heterocycles. The fraction of sp³-hybridized carbons (Fsp3) is 0.333. The van der Waals surface area contributed by atoms with E-state index < -0.39 is 0 Å². The first-order chi connectivity index (χ1) is 11.1. The summed E-state index contributed by atoms with van der Waals surface area (Å²) in [5.41, 5.74) is 3.14. The molecule has 1 aliphatic heterocycles. The summed E-state index contributed by atoms with van der Waals surface area (Å²) >= 11 is 1.57. The van der Waals surface area contributed by atoms with Gasteiger partial charge in [0.25, 0.3) is 5.91 Å². The van der Waals surface area contributed by atoms with Gasteiger partial charge in [-0.25, -0.2) is 4.98 Å². The fourth-order valence-corrected chi connectivity index (χ4v) is 3.63. The van der Waals surface area contributed by atoms with Crippen LogP contribution in [0.1, 0.15) is 21.5 Å². The molecule has 2 heterocycles. The second-order valence-electron chi connectivity index (χ2n) is 5.77. The molecule has 0 atom stereocenters. The number of nitrogens with zero attached hydrogens (tertiary/aromatic N) is 2. The topological polar surface area (TPSA) is 45.2 Å². The minimum absolute atomic E-state index is 0.0758. The Hall–Kier alpha value is -1.85. The quantitative estimate of drug-likeness (QED) is 0.941. The smallest absolute Gasteiger partial charge is 0.256 e. The highest BCUT2D eigenvalue weighted by Gasteiger charge is 2.21. The van der Waals surface area contributed by atoms with E-state index in [1.54, 1.807) is 18.0 Å². The highest BCUT2D eigenvalue weighted by Crippen LogP contribution is 2.32. The van der Waals surface area contributed by atoms with E-state index in [0.717, 1.165) is 36.1 Å². The van der Waals surface area contributed by atoms with Crippen LogP contribution < -0.4 is 5.32 Å². The minimum atomic E-state index is 0.0758. The van der Waals surface area contributed by atoms with E-state index in [-0.39, 0.29) is 5.91 Å². The molecule has 1 aliphatic rings. The van der Waals surface area contributed by atoms with Crippen LogP contribution in [0, 0.1) is 13.8 Å². The molecule has 4 nitrogen and oxygen atoms in total. The van der Waals surface area contributed by atoms with Crippen LogP contribution in [0.25, 0.3) is 0 Å². The molecule has 0 spiro atoms. The molecule has 1 N–H and O–H groups in total. The molecule has 120 valence electrons. The predicted molar refractivity (Wildman–Crippen MR) is 93.0 cm³/mol. The molecule has 0 bridgehead atoms. The van der Waals surface area contributed by atoms with Gasteiger partial charge in [0.05, 0.1) is 5.56 Å². The van der Waals surface area contributed by atoms with E-state index in [9.17, 15) is 4.79 Å². The Morgan fingerprint density at radius 2 is 2.00 bits per heavy atom. The van der Waals surface area contributed by atoms with Gasteiger partial charge < -0.3 is 10.2 Å². The van der Waals surface area contributed by atoms with Crippen molar-refractivity contribution in [2.75, 3.05) is 26.2 Å². The summed E-state index contributed by atoms with van der Waals surface area (Å²) in [7, 11) is 0. The Kier molecular flexibility index (Phi) is 4.98. The highest BCUT2D eigenvalue weighted by atomic mass is 32.2. The summed E-state index contributed by atoms with van der Waals surface area (Å²) < 4.78 is 0. The zero-order valence-corrected chi connectivity index (χ0v) is 14.3. The van der Waals surface area contributed by atoms with Gasteiger partial charge in [-0.15, -0.1) is 0 Å². The maximum atomic E-state index is 12.8. The summed E-state index contributed by atoms with van der Waals surface area (Å²) in [6.45, 7) is 7.39. The van der Waals surface area contributed by atoms with Crippen molar-refractivity contribution in [1.82, 2.24) is 15.2 Å². The van der Waals surface area contributed by atoms with Gasteiger partial charge in [-0.05, 0) is 37.6 Å². The Morgan fingerprint density at radius 3 is 2.74 bits per heavy atom. The van der Waals surface area contributed by atoms with E-state index in [1.807, 2.05) is 17.0 Å². The van der Waals surface area contributed by atoms with Gasteiger partial charge in [-0.2, -0.15) is 0 Å². The van der Waals surface area contributed by atoms with Crippen LogP contribution in [0.15, 0.2) is 46.5 Å². The van der Waals surface area contributed by atoms with E-state index in [2.05, 4.69) is 42.3 Å². The van der Waals surface area contributed by atoms with Crippen molar-refractivity contribution < 1.29 is 4.79 Å². The number of aromatic nitrogens is 1. The van der Waals surface area contributed by atoms with E-state index >= 15 is 0 Å². The molecule has 1 amide bonds. The SMILES string of the molecule is Cc1ccc(Sc2ncccc2C(=O)N2CCNCC2)c(C)c1. The molecule has 23 heavy (non-hydrogen) atoms. The summed E-state index contributed by atoms with van der Waals surface area (Å²) in [5, 5.41) is 4.05. The number of hydrogen-bond acceptors (Lipinski definition) is 4. The number of rotatable bonds is 3. The average molecular weight is 327 g/mol. The number of piperazine rings is 1. The zero-order valence-electron chi connectivity index (χ0n) is 13.5. The van der Waals surface area contributed by atoms with Crippen LogP contribution in [0.5, 0.6) is 0 Å². The van der Waals surface area contributed by atoms with Crippen LogP contribution in [-0.4, -0.2) is 42.0 Å². The van der Waals surface area contributed by atoms with Gasteiger partial charge in [-0.3, -0.25) is 4.79 Å². The van der Waals surface area contributed by atoms with Crippen molar-refractivity contribution in [3.05, 3.63) is 53.2 Å². The maximum absolute atomic E-state index is 12.8. The molecule has 2 aromatic rings. The zero-order chi connectivity index (χ0) is 16.2. The lowest BCUT2D eigenvalue weighted by atomic mass is 10.2. The predicted octanol–water partition coefficient (Wildman–Crippen LogP) is 2.90. The van der Waals surface area contributed by atoms with Gasteiger partial charge in [0.2, 0.25) is 0 Å². The number of pyridine rings is 1. The molecule has 1 aromatic heterocycles. The third-order valence-corrected chi connectivity index (χ3v) is 5.14.